The summed E-state index contributed by atoms with van der Waals surface area (Å²) in [5.74, 6) is -1.50. The number of aromatic amines is 1. The molecule has 24 heavy (non-hydrogen) atoms. The predicted octanol–water partition coefficient (Wildman–Crippen LogP) is 2.79. The Bertz CT molecular complexity index is 1020. The number of carbonyl (C=O) groups excluding carboxylic acids is 1. The lowest BCUT2D eigenvalue weighted by Crippen LogP contribution is -2.13. The molecule has 6 heteroatoms. The van der Waals surface area contributed by atoms with Crippen LogP contribution in [0.2, 0.25) is 0 Å². The molecule has 1 aromatic heterocycles. The van der Waals surface area contributed by atoms with Gasteiger partial charge in [-0.15, -0.1) is 0 Å². The van der Waals surface area contributed by atoms with Gasteiger partial charge in [-0.2, -0.15) is 0 Å². The van der Waals surface area contributed by atoms with E-state index < -0.39 is 11.9 Å². The minimum absolute atomic E-state index is 0.0604. The lowest BCUT2D eigenvalue weighted by atomic mass is 10.1. The molecule has 2 aromatic carbocycles. The minimum Gasteiger partial charge on any atom is -0.478 e. The maximum absolute atomic E-state index is 12.4. The van der Waals surface area contributed by atoms with Gasteiger partial charge in [0.15, 0.2) is 0 Å². The van der Waals surface area contributed by atoms with Crippen molar-refractivity contribution in [2.45, 2.75) is 6.92 Å². The Morgan fingerprint density at radius 3 is 2.54 bits per heavy atom. The zero-order chi connectivity index (χ0) is 17.3. The van der Waals surface area contributed by atoms with E-state index >= 15 is 0 Å². The molecular formula is C18H14N2O4. The Balaban J connectivity index is 1.92. The Hall–Kier alpha value is -3.41. The molecule has 0 aliphatic rings. The van der Waals surface area contributed by atoms with E-state index in [0.29, 0.717) is 22.0 Å². The summed E-state index contributed by atoms with van der Waals surface area (Å²) in [6.45, 7) is 1.73. The number of aromatic nitrogens is 1. The Morgan fingerprint density at radius 2 is 1.79 bits per heavy atom. The first kappa shape index (κ1) is 15.5. The zero-order valence-corrected chi connectivity index (χ0v) is 12.8. The first-order valence-electron chi connectivity index (χ1n) is 7.22. The van der Waals surface area contributed by atoms with E-state index in [9.17, 15) is 14.4 Å². The normalized spacial score (nSPS) is 10.5. The number of nitrogens with one attached hydrogen (secondary N) is 2. The lowest BCUT2D eigenvalue weighted by molar-refractivity contribution is 0.0696. The van der Waals surface area contributed by atoms with E-state index in [1.165, 1.54) is 18.3 Å². The number of amides is 1. The van der Waals surface area contributed by atoms with Crippen molar-refractivity contribution in [2.75, 3.05) is 5.32 Å². The van der Waals surface area contributed by atoms with Crippen molar-refractivity contribution in [3.05, 3.63) is 75.7 Å². The highest BCUT2D eigenvalue weighted by atomic mass is 16.4. The number of pyridine rings is 1. The van der Waals surface area contributed by atoms with E-state index in [1.807, 2.05) is 0 Å². The van der Waals surface area contributed by atoms with Crippen molar-refractivity contribution in [2.24, 2.45) is 0 Å². The molecule has 3 rings (SSSR count). The van der Waals surface area contributed by atoms with Crippen molar-refractivity contribution < 1.29 is 14.7 Å². The van der Waals surface area contributed by atoms with E-state index in [1.54, 1.807) is 37.3 Å². The number of aryl methyl sites for hydroxylation is 1. The van der Waals surface area contributed by atoms with E-state index in [0.717, 1.165) is 0 Å². The summed E-state index contributed by atoms with van der Waals surface area (Å²) in [4.78, 5) is 37.7. The van der Waals surface area contributed by atoms with E-state index in [-0.39, 0.29) is 16.7 Å². The van der Waals surface area contributed by atoms with Crippen molar-refractivity contribution in [1.29, 1.82) is 0 Å². The van der Waals surface area contributed by atoms with Gasteiger partial charge in [0.2, 0.25) is 0 Å². The molecule has 0 spiro atoms. The van der Waals surface area contributed by atoms with Crippen molar-refractivity contribution >= 4 is 28.3 Å². The van der Waals surface area contributed by atoms with Gasteiger partial charge in [-0.25, -0.2) is 4.79 Å². The second-order valence-electron chi connectivity index (χ2n) is 5.46. The van der Waals surface area contributed by atoms with Crippen LogP contribution in [0.5, 0.6) is 0 Å². The number of hydrogen-bond acceptors (Lipinski definition) is 3. The van der Waals surface area contributed by atoms with Crippen LogP contribution >= 0.6 is 0 Å². The number of carboxylic acid groups (broad SMARTS) is 1. The number of aromatic carboxylic acids is 1. The number of anilines is 1. The van der Waals surface area contributed by atoms with E-state index in [4.69, 9.17) is 5.11 Å². The number of benzene rings is 2. The first-order chi connectivity index (χ1) is 11.4. The molecule has 0 bridgehead atoms. The molecule has 0 atom stereocenters. The molecule has 3 N–H and O–H groups in total. The minimum atomic E-state index is -1.09. The largest absolute Gasteiger partial charge is 0.478 e. The third-order valence-electron chi connectivity index (χ3n) is 3.62. The maximum Gasteiger partial charge on any atom is 0.335 e. The number of rotatable bonds is 3. The third-order valence-corrected chi connectivity index (χ3v) is 3.62. The highest BCUT2D eigenvalue weighted by Gasteiger charge is 2.12. The molecular weight excluding hydrogens is 308 g/mol. The summed E-state index contributed by atoms with van der Waals surface area (Å²) < 4.78 is 0. The van der Waals surface area contributed by atoms with Crippen molar-refractivity contribution in [3.8, 4) is 0 Å². The molecule has 0 fully saturated rings. The lowest BCUT2D eigenvalue weighted by Gasteiger charge is -2.08. The van der Waals surface area contributed by atoms with Gasteiger partial charge in [-0.1, -0.05) is 0 Å². The number of fused-ring (bicyclic) bond motifs is 1. The summed E-state index contributed by atoms with van der Waals surface area (Å²) in [7, 11) is 0. The fourth-order valence-corrected chi connectivity index (χ4v) is 2.51. The molecule has 0 saturated heterocycles. The van der Waals surface area contributed by atoms with Crippen LogP contribution in [0.4, 0.5) is 5.69 Å². The maximum atomic E-state index is 12.4. The highest BCUT2D eigenvalue weighted by molar-refractivity contribution is 6.06. The van der Waals surface area contributed by atoms with Crippen LogP contribution in [0.15, 0.2) is 53.5 Å². The van der Waals surface area contributed by atoms with Gasteiger partial charge in [0, 0.05) is 22.8 Å². The monoisotopic (exact) mass is 322 g/mol. The molecule has 0 unspecified atom stereocenters. The van der Waals surface area contributed by atoms with Gasteiger partial charge < -0.3 is 15.4 Å². The molecule has 0 aliphatic heterocycles. The summed E-state index contributed by atoms with van der Waals surface area (Å²) >= 11 is 0. The SMILES string of the molecule is Cc1cc(C(=O)O)cc(C(=O)Nc2ccc3c(=O)[nH]ccc3c2)c1. The highest BCUT2D eigenvalue weighted by Crippen LogP contribution is 2.18. The summed E-state index contributed by atoms with van der Waals surface area (Å²) in [5, 5.41) is 13.0. The van der Waals surface area contributed by atoms with Crippen LogP contribution in [0.3, 0.4) is 0 Å². The van der Waals surface area contributed by atoms with Crippen LogP contribution in [0.25, 0.3) is 10.8 Å². The molecule has 1 heterocycles. The fraction of sp³-hybridized carbons (Fsp3) is 0.0556. The average molecular weight is 322 g/mol. The molecule has 3 aromatic rings. The standard InChI is InChI=1S/C18H14N2O4/c1-10-6-12(8-13(7-10)18(23)24)16(21)20-14-2-3-15-11(9-14)4-5-19-17(15)22/h2-9H,1H3,(H,19,22)(H,20,21)(H,23,24). The number of H-pyrrole nitrogens is 1. The Morgan fingerprint density at radius 1 is 1.04 bits per heavy atom. The van der Waals surface area contributed by atoms with Crippen LogP contribution in [-0.2, 0) is 0 Å². The number of carbonyl (C=O) groups is 2. The topological polar surface area (TPSA) is 99.3 Å². The number of hydrogen-bond donors (Lipinski definition) is 3. The van der Waals surface area contributed by atoms with Crippen LogP contribution in [-0.4, -0.2) is 22.0 Å². The first-order valence-corrected chi connectivity index (χ1v) is 7.22. The fourth-order valence-electron chi connectivity index (χ4n) is 2.51. The summed E-state index contributed by atoms with van der Waals surface area (Å²) in [5.41, 5.74) is 1.33. The quantitative estimate of drug-likeness (QED) is 0.690. The summed E-state index contributed by atoms with van der Waals surface area (Å²) in [6.07, 6.45) is 1.54. The molecule has 6 nitrogen and oxygen atoms in total. The Kier molecular flexibility index (Phi) is 3.87. The molecule has 1 amide bonds. The summed E-state index contributed by atoms with van der Waals surface area (Å²) in [6, 6.07) is 11.1. The van der Waals surface area contributed by atoms with Crippen molar-refractivity contribution in [1.82, 2.24) is 4.98 Å². The van der Waals surface area contributed by atoms with Crippen molar-refractivity contribution in [3.63, 3.8) is 0 Å². The predicted molar refractivity (Wildman–Crippen MR) is 90.7 cm³/mol. The van der Waals surface area contributed by atoms with E-state index in [2.05, 4.69) is 10.3 Å². The molecule has 120 valence electrons. The van der Waals surface area contributed by atoms with Crippen LogP contribution in [0, 0.1) is 6.92 Å². The van der Waals surface area contributed by atoms with Gasteiger partial charge in [-0.3, -0.25) is 9.59 Å². The second kappa shape index (κ2) is 6.00. The smallest absolute Gasteiger partial charge is 0.335 e. The average Bonchev–Trinajstić information content (AvgIpc) is 2.54. The molecule has 0 radical (unpaired) electrons. The molecule has 0 saturated carbocycles. The third kappa shape index (κ3) is 3.03. The van der Waals surface area contributed by atoms with Gasteiger partial charge in [-0.05, 0) is 60.3 Å². The van der Waals surface area contributed by atoms with Gasteiger partial charge in [0.05, 0.1) is 5.56 Å². The second-order valence-corrected chi connectivity index (χ2v) is 5.46. The molecule has 0 aliphatic carbocycles. The van der Waals surface area contributed by atoms with Gasteiger partial charge >= 0.3 is 5.97 Å². The van der Waals surface area contributed by atoms with Gasteiger partial charge in [0.25, 0.3) is 11.5 Å². The Labute approximate surface area is 136 Å². The van der Waals surface area contributed by atoms with Crippen LogP contribution < -0.4 is 10.9 Å². The zero-order valence-electron chi connectivity index (χ0n) is 12.8. The number of carboxylic acids is 1. The van der Waals surface area contributed by atoms with Gasteiger partial charge in [0.1, 0.15) is 0 Å². The van der Waals surface area contributed by atoms with Crippen LogP contribution in [0.1, 0.15) is 26.3 Å².